The van der Waals surface area contributed by atoms with E-state index >= 15 is 0 Å². The average Bonchev–Trinajstić information content (AvgIpc) is 3.01. The van der Waals surface area contributed by atoms with Gasteiger partial charge in [-0.3, -0.25) is 34.4 Å². The summed E-state index contributed by atoms with van der Waals surface area (Å²) in [5.41, 5.74) is 2.71. The largest absolute Gasteiger partial charge is 0.315 e. The fourth-order valence-corrected chi connectivity index (χ4v) is 4.64. The normalized spacial score (nSPS) is 21.9. The van der Waals surface area contributed by atoms with E-state index in [1.165, 1.54) is 5.56 Å². The van der Waals surface area contributed by atoms with Crippen LogP contribution in [-0.4, -0.2) is 59.2 Å². The van der Waals surface area contributed by atoms with Gasteiger partial charge in [-0.25, -0.2) is 0 Å². The molecule has 2 fully saturated rings. The van der Waals surface area contributed by atoms with Crippen LogP contribution in [0.4, 0.5) is 0 Å². The molecule has 3 N–H and O–H groups in total. The van der Waals surface area contributed by atoms with Crippen molar-refractivity contribution >= 4 is 23.6 Å². The van der Waals surface area contributed by atoms with E-state index in [1.54, 1.807) is 24.5 Å². The number of imide groups is 2. The first-order chi connectivity index (χ1) is 15.5. The molecule has 1 aromatic carbocycles. The van der Waals surface area contributed by atoms with Gasteiger partial charge in [-0.1, -0.05) is 6.07 Å². The van der Waals surface area contributed by atoms with Crippen molar-refractivity contribution in [2.24, 2.45) is 0 Å². The molecule has 32 heavy (non-hydrogen) atoms. The summed E-state index contributed by atoms with van der Waals surface area (Å²) in [4.78, 5) is 54.5. The number of benzene rings is 1. The van der Waals surface area contributed by atoms with Crippen molar-refractivity contribution < 1.29 is 19.2 Å². The van der Waals surface area contributed by atoms with Crippen LogP contribution in [-0.2, 0) is 21.5 Å². The number of nitrogens with zero attached hydrogens (tertiary/aromatic N) is 2. The minimum absolute atomic E-state index is 0.00797. The molecule has 0 aliphatic carbocycles. The van der Waals surface area contributed by atoms with Crippen LogP contribution in [0, 0.1) is 0 Å². The number of nitrogens with one attached hydrogen (secondary N) is 3. The lowest BCUT2D eigenvalue weighted by atomic mass is 9.75. The van der Waals surface area contributed by atoms with Crippen LogP contribution in [0.5, 0.6) is 0 Å². The predicted molar refractivity (Wildman–Crippen MR) is 114 cm³/mol. The second-order valence-electron chi connectivity index (χ2n) is 8.55. The lowest BCUT2D eigenvalue weighted by Gasteiger charge is -2.43. The van der Waals surface area contributed by atoms with Gasteiger partial charge in [0.05, 0.1) is 11.1 Å². The van der Waals surface area contributed by atoms with Crippen molar-refractivity contribution in [1.82, 2.24) is 25.8 Å². The highest BCUT2D eigenvalue weighted by molar-refractivity contribution is 6.23. The second-order valence-corrected chi connectivity index (χ2v) is 8.55. The van der Waals surface area contributed by atoms with E-state index in [0.717, 1.165) is 30.1 Å². The van der Waals surface area contributed by atoms with Crippen LogP contribution in [0.3, 0.4) is 0 Å². The van der Waals surface area contributed by atoms with E-state index in [2.05, 4.69) is 20.9 Å². The Hall–Kier alpha value is -3.43. The van der Waals surface area contributed by atoms with Crippen molar-refractivity contribution in [2.75, 3.05) is 19.6 Å². The Morgan fingerprint density at radius 3 is 2.47 bits per heavy atom. The summed E-state index contributed by atoms with van der Waals surface area (Å²) in [6.07, 6.45) is 3.85. The van der Waals surface area contributed by atoms with Gasteiger partial charge < -0.3 is 10.6 Å². The fraction of sp³-hybridized carbons (Fsp3) is 0.348. The van der Waals surface area contributed by atoms with Gasteiger partial charge in [0, 0.05) is 50.4 Å². The maximum Gasteiger partial charge on any atom is 0.262 e. The number of hydrogen-bond donors (Lipinski definition) is 3. The molecule has 3 aliphatic rings. The second kappa shape index (κ2) is 7.92. The summed E-state index contributed by atoms with van der Waals surface area (Å²) in [6.45, 7) is 3.06. The lowest BCUT2D eigenvalue weighted by Crippen LogP contribution is -2.61. The lowest BCUT2D eigenvalue weighted by molar-refractivity contribution is -0.136. The van der Waals surface area contributed by atoms with Crippen LogP contribution in [0.25, 0.3) is 0 Å². The highest BCUT2D eigenvalue weighted by Gasteiger charge is 2.44. The summed E-state index contributed by atoms with van der Waals surface area (Å²) in [5, 5.41) is 9.02. The van der Waals surface area contributed by atoms with E-state index < -0.39 is 23.8 Å². The van der Waals surface area contributed by atoms with E-state index in [1.807, 2.05) is 18.2 Å². The molecule has 1 unspecified atom stereocenters. The first kappa shape index (κ1) is 20.5. The molecular formula is C23H23N5O4. The Balaban J connectivity index is 1.28. The first-order valence-electron chi connectivity index (χ1n) is 10.6. The third-order valence-electron chi connectivity index (χ3n) is 6.52. The van der Waals surface area contributed by atoms with Gasteiger partial charge in [-0.15, -0.1) is 0 Å². The number of pyridine rings is 1. The summed E-state index contributed by atoms with van der Waals surface area (Å²) < 4.78 is 0. The SMILES string of the molecule is O=C1CCC(N2C(=O)c3ccc(CNCC4(c5ccncc5)CNC4)cc3C2=O)C(=O)N1. The maximum atomic E-state index is 13.0. The monoisotopic (exact) mass is 433 g/mol. The van der Waals surface area contributed by atoms with Gasteiger partial charge in [0.1, 0.15) is 6.04 Å². The van der Waals surface area contributed by atoms with Gasteiger partial charge in [0.2, 0.25) is 11.8 Å². The van der Waals surface area contributed by atoms with Crippen LogP contribution in [0.15, 0.2) is 42.7 Å². The molecule has 4 heterocycles. The molecule has 0 spiro atoms. The van der Waals surface area contributed by atoms with E-state index in [9.17, 15) is 19.2 Å². The summed E-state index contributed by atoms with van der Waals surface area (Å²) in [5.74, 6) is -1.97. The molecule has 4 amide bonds. The van der Waals surface area contributed by atoms with Gasteiger partial charge in [0.25, 0.3) is 11.8 Å². The molecule has 2 aromatic rings. The number of carbonyl (C=O) groups is 4. The average molecular weight is 433 g/mol. The summed E-state index contributed by atoms with van der Waals surface area (Å²) >= 11 is 0. The van der Waals surface area contributed by atoms with Crippen molar-refractivity contribution in [3.8, 4) is 0 Å². The zero-order valence-corrected chi connectivity index (χ0v) is 17.4. The van der Waals surface area contributed by atoms with Crippen molar-refractivity contribution in [2.45, 2.75) is 30.8 Å². The molecule has 0 radical (unpaired) electrons. The Morgan fingerprint density at radius 1 is 1.03 bits per heavy atom. The van der Waals surface area contributed by atoms with Gasteiger partial charge in [-0.05, 0) is 41.8 Å². The Bertz CT molecular complexity index is 1110. The molecule has 9 nitrogen and oxygen atoms in total. The quantitative estimate of drug-likeness (QED) is 0.553. The summed E-state index contributed by atoms with van der Waals surface area (Å²) in [7, 11) is 0. The predicted octanol–water partition coefficient (Wildman–Crippen LogP) is 0.114. The highest BCUT2D eigenvalue weighted by Crippen LogP contribution is 2.29. The van der Waals surface area contributed by atoms with Crippen molar-refractivity contribution in [3.63, 3.8) is 0 Å². The molecule has 2 saturated heterocycles. The number of rotatable bonds is 6. The van der Waals surface area contributed by atoms with E-state index in [0.29, 0.717) is 17.7 Å². The third kappa shape index (κ3) is 3.39. The molecule has 164 valence electrons. The zero-order valence-electron chi connectivity index (χ0n) is 17.4. The fourth-order valence-electron chi connectivity index (χ4n) is 4.64. The number of fused-ring (bicyclic) bond motifs is 1. The minimum Gasteiger partial charge on any atom is -0.315 e. The minimum atomic E-state index is -0.951. The molecule has 1 aromatic heterocycles. The molecule has 0 saturated carbocycles. The Morgan fingerprint density at radius 2 is 1.78 bits per heavy atom. The van der Waals surface area contributed by atoms with Gasteiger partial charge in [0.15, 0.2) is 0 Å². The number of piperidine rings is 1. The van der Waals surface area contributed by atoms with Gasteiger partial charge >= 0.3 is 0 Å². The number of carbonyl (C=O) groups excluding carboxylic acids is 4. The Labute approximate surface area is 184 Å². The van der Waals surface area contributed by atoms with Gasteiger partial charge in [-0.2, -0.15) is 0 Å². The topological polar surface area (TPSA) is 120 Å². The van der Waals surface area contributed by atoms with Crippen molar-refractivity contribution in [3.05, 3.63) is 65.0 Å². The highest BCUT2D eigenvalue weighted by atomic mass is 16.2. The van der Waals surface area contributed by atoms with Crippen LogP contribution in [0.2, 0.25) is 0 Å². The van der Waals surface area contributed by atoms with Crippen molar-refractivity contribution in [1.29, 1.82) is 0 Å². The molecule has 1 atom stereocenters. The molecule has 0 bridgehead atoms. The maximum absolute atomic E-state index is 13.0. The third-order valence-corrected chi connectivity index (χ3v) is 6.52. The molecular weight excluding hydrogens is 410 g/mol. The number of amides is 4. The number of hydrogen-bond acceptors (Lipinski definition) is 7. The molecule has 9 heteroatoms. The van der Waals surface area contributed by atoms with E-state index in [4.69, 9.17) is 0 Å². The summed E-state index contributed by atoms with van der Waals surface area (Å²) in [6, 6.07) is 8.29. The van der Waals surface area contributed by atoms with Crippen LogP contribution >= 0.6 is 0 Å². The standard InChI is InChI=1S/C23H23N5O4/c29-19-4-3-18(20(30)27-19)28-21(31)16-2-1-14(9-17(16)22(28)32)10-25-11-23(12-26-13-23)15-5-7-24-8-6-15/h1-2,5-9,18,25-26H,3-4,10-13H2,(H,27,29,30). The van der Waals surface area contributed by atoms with Crippen LogP contribution in [0.1, 0.15) is 44.7 Å². The Kier molecular flexibility index (Phi) is 5.07. The zero-order chi connectivity index (χ0) is 22.3. The van der Waals surface area contributed by atoms with E-state index in [-0.39, 0.29) is 24.2 Å². The molecule has 3 aliphatic heterocycles. The smallest absolute Gasteiger partial charge is 0.262 e. The van der Waals surface area contributed by atoms with Crippen LogP contribution < -0.4 is 16.0 Å². The number of aromatic nitrogens is 1. The molecule has 5 rings (SSSR count). The first-order valence-corrected chi connectivity index (χ1v) is 10.6.